The largest absolute Gasteiger partial charge is 0.439 e. The molecule has 0 amide bonds. The van der Waals surface area contributed by atoms with Crippen LogP contribution in [0.5, 0.6) is 11.6 Å². The van der Waals surface area contributed by atoms with Crippen LogP contribution in [-0.4, -0.2) is 11.5 Å². The average Bonchev–Trinajstić information content (AvgIpc) is 2.40. The van der Waals surface area contributed by atoms with Crippen molar-refractivity contribution in [1.82, 2.24) is 10.3 Å². The van der Waals surface area contributed by atoms with E-state index >= 15 is 0 Å². The van der Waals surface area contributed by atoms with Gasteiger partial charge in [0.05, 0.1) is 0 Å². The summed E-state index contributed by atoms with van der Waals surface area (Å²) >= 11 is 0. The average molecular weight is 270 g/mol. The number of hydrogen-bond donors (Lipinski definition) is 1. The van der Waals surface area contributed by atoms with Crippen molar-refractivity contribution in [2.75, 3.05) is 6.54 Å². The second-order valence-electron chi connectivity index (χ2n) is 5.08. The topological polar surface area (TPSA) is 34.2 Å². The highest BCUT2D eigenvalue weighted by Gasteiger charge is 2.04. The molecule has 106 valence electrons. The van der Waals surface area contributed by atoms with Gasteiger partial charge in [0.1, 0.15) is 5.75 Å². The summed E-state index contributed by atoms with van der Waals surface area (Å²) in [7, 11) is 0. The van der Waals surface area contributed by atoms with Crippen molar-refractivity contribution in [3.05, 3.63) is 52.7 Å². The van der Waals surface area contributed by atoms with E-state index in [2.05, 4.69) is 43.2 Å². The van der Waals surface area contributed by atoms with Crippen LogP contribution in [0.2, 0.25) is 0 Å². The maximum Gasteiger partial charge on any atom is 0.219 e. The molecule has 3 heteroatoms. The summed E-state index contributed by atoms with van der Waals surface area (Å²) in [6.45, 7) is 10.1. The van der Waals surface area contributed by atoms with Crippen molar-refractivity contribution in [3.63, 3.8) is 0 Å². The number of pyridine rings is 1. The van der Waals surface area contributed by atoms with Gasteiger partial charge in [-0.15, -0.1) is 0 Å². The second kappa shape index (κ2) is 6.53. The lowest BCUT2D eigenvalue weighted by Gasteiger charge is -2.10. The molecule has 1 heterocycles. The van der Waals surface area contributed by atoms with Crippen molar-refractivity contribution >= 4 is 0 Å². The van der Waals surface area contributed by atoms with Crippen LogP contribution in [0.4, 0.5) is 0 Å². The van der Waals surface area contributed by atoms with E-state index < -0.39 is 0 Å². The Kier molecular flexibility index (Phi) is 4.74. The van der Waals surface area contributed by atoms with Gasteiger partial charge in [0.25, 0.3) is 0 Å². The number of ether oxygens (including phenoxy) is 1. The van der Waals surface area contributed by atoms with Crippen molar-refractivity contribution in [1.29, 1.82) is 0 Å². The molecule has 1 aromatic heterocycles. The van der Waals surface area contributed by atoms with E-state index in [1.54, 1.807) is 0 Å². The molecule has 20 heavy (non-hydrogen) atoms. The fourth-order valence-corrected chi connectivity index (χ4v) is 2.03. The third-order valence-corrected chi connectivity index (χ3v) is 3.27. The van der Waals surface area contributed by atoms with Crippen molar-refractivity contribution in [2.45, 2.75) is 34.2 Å². The molecular formula is C17H22N2O. The summed E-state index contributed by atoms with van der Waals surface area (Å²) in [6, 6.07) is 10.2. The van der Waals surface area contributed by atoms with Gasteiger partial charge in [0.15, 0.2) is 0 Å². The van der Waals surface area contributed by atoms with Crippen molar-refractivity contribution < 1.29 is 4.74 Å². The van der Waals surface area contributed by atoms with E-state index in [0.29, 0.717) is 5.88 Å². The second-order valence-corrected chi connectivity index (χ2v) is 5.08. The molecule has 0 spiro atoms. The van der Waals surface area contributed by atoms with E-state index in [1.807, 2.05) is 25.1 Å². The smallest absolute Gasteiger partial charge is 0.219 e. The zero-order chi connectivity index (χ0) is 14.5. The van der Waals surface area contributed by atoms with Crippen LogP contribution < -0.4 is 10.1 Å². The minimum absolute atomic E-state index is 0.654. The third-order valence-electron chi connectivity index (χ3n) is 3.27. The highest BCUT2D eigenvalue weighted by Crippen LogP contribution is 2.23. The fourth-order valence-electron chi connectivity index (χ4n) is 2.03. The molecule has 2 rings (SSSR count). The fraction of sp³-hybridized carbons (Fsp3) is 0.353. The molecule has 0 unspecified atom stereocenters. The first-order valence-corrected chi connectivity index (χ1v) is 7.02. The Morgan fingerprint density at radius 1 is 1.05 bits per heavy atom. The number of aromatic nitrogens is 1. The van der Waals surface area contributed by atoms with E-state index in [0.717, 1.165) is 24.5 Å². The molecule has 0 atom stereocenters. The zero-order valence-corrected chi connectivity index (χ0v) is 12.7. The molecule has 1 aromatic carbocycles. The molecule has 3 nitrogen and oxygen atoms in total. The van der Waals surface area contributed by atoms with E-state index in [1.165, 1.54) is 16.7 Å². The highest BCUT2D eigenvalue weighted by atomic mass is 16.5. The molecule has 0 bridgehead atoms. The molecule has 0 saturated carbocycles. The molecule has 1 N–H and O–H groups in total. The van der Waals surface area contributed by atoms with Crippen LogP contribution in [0.15, 0.2) is 30.3 Å². The van der Waals surface area contributed by atoms with Gasteiger partial charge in [0.2, 0.25) is 5.88 Å². The number of benzene rings is 1. The lowest BCUT2D eigenvalue weighted by Crippen LogP contribution is -2.12. The van der Waals surface area contributed by atoms with E-state index in [9.17, 15) is 0 Å². The van der Waals surface area contributed by atoms with Crippen LogP contribution >= 0.6 is 0 Å². The van der Waals surface area contributed by atoms with E-state index in [4.69, 9.17) is 4.74 Å². The summed E-state index contributed by atoms with van der Waals surface area (Å²) < 4.78 is 5.88. The monoisotopic (exact) mass is 270 g/mol. The maximum absolute atomic E-state index is 5.88. The zero-order valence-electron chi connectivity index (χ0n) is 12.7. The molecule has 0 aliphatic carbocycles. The maximum atomic E-state index is 5.88. The molecule has 0 saturated heterocycles. The summed E-state index contributed by atoms with van der Waals surface area (Å²) in [6.07, 6.45) is 0. The van der Waals surface area contributed by atoms with Gasteiger partial charge in [-0.05, 0) is 62.2 Å². The number of aryl methyl sites for hydroxylation is 3. The number of rotatable bonds is 5. The number of nitrogens with one attached hydrogen (secondary N) is 1. The van der Waals surface area contributed by atoms with Gasteiger partial charge in [-0.1, -0.05) is 13.0 Å². The van der Waals surface area contributed by atoms with Gasteiger partial charge in [-0.2, -0.15) is 0 Å². The lowest BCUT2D eigenvalue weighted by atomic mass is 10.1. The minimum Gasteiger partial charge on any atom is -0.439 e. The van der Waals surface area contributed by atoms with Crippen LogP contribution in [-0.2, 0) is 6.54 Å². The Balaban J connectivity index is 2.19. The summed E-state index contributed by atoms with van der Waals surface area (Å²) in [5, 5.41) is 3.32. The van der Waals surface area contributed by atoms with Gasteiger partial charge < -0.3 is 10.1 Å². The van der Waals surface area contributed by atoms with Gasteiger partial charge in [-0.3, -0.25) is 0 Å². The van der Waals surface area contributed by atoms with Gasteiger partial charge in [0, 0.05) is 18.3 Å². The Hall–Kier alpha value is -1.87. The number of nitrogens with zero attached hydrogens (tertiary/aromatic N) is 1. The van der Waals surface area contributed by atoms with Gasteiger partial charge >= 0.3 is 0 Å². The molecule has 0 aliphatic heterocycles. The Morgan fingerprint density at radius 2 is 1.85 bits per heavy atom. The third kappa shape index (κ3) is 3.81. The van der Waals surface area contributed by atoms with E-state index in [-0.39, 0.29) is 0 Å². The first-order valence-electron chi connectivity index (χ1n) is 7.02. The van der Waals surface area contributed by atoms with Crippen molar-refractivity contribution in [3.8, 4) is 11.6 Å². The predicted molar refractivity (Wildman–Crippen MR) is 82.3 cm³/mol. The first-order chi connectivity index (χ1) is 9.58. The van der Waals surface area contributed by atoms with Crippen LogP contribution in [0.3, 0.4) is 0 Å². The van der Waals surface area contributed by atoms with Crippen LogP contribution in [0, 0.1) is 20.8 Å². The molecule has 0 radical (unpaired) electrons. The SMILES string of the molecule is CCNCc1cc(C)nc(Oc2ccc(C)c(C)c2)c1. The standard InChI is InChI=1S/C17H22N2O/c1-5-18-11-15-9-14(4)19-17(10-15)20-16-7-6-12(2)13(3)8-16/h6-10,18H,5,11H2,1-4H3. The lowest BCUT2D eigenvalue weighted by molar-refractivity contribution is 0.460. The van der Waals surface area contributed by atoms with Crippen molar-refractivity contribution in [2.24, 2.45) is 0 Å². The first kappa shape index (κ1) is 14.5. The number of hydrogen-bond acceptors (Lipinski definition) is 3. The Morgan fingerprint density at radius 3 is 2.55 bits per heavy atom. The molecule has 2 aromatic rings. The Labute approximate surface area is 121 Å². The quantitative estimate of drug-likeness (QED) is 0.894. The van der Waals surface area contributed by atoms with Gasteiger partial charge in [-0.25, -0.2) is 4.98 Å². The minimum atomic E-state index is 0.654. The summed E-state index contributed by atoms with van der Waals surface area (Å²) in [5.41, 5.74) is 4.66. The normalized spacial score (nSPS) is 10.6. The molecular weight excluding hydrogens is 248 g/mol. The summed E-state index contributed by atoms with van der Waals surface area (Å²) in [4.78, 5) is 4.44. The highest BCUT2D eigenvalue weighted by molar-refractivity contribution is 5.36. The molecule has 0 aliphatic rings. The van der Waals surface area contributed by atoms with Crippen LogP contribution in [0.1, 0.15) is 29.3 Å². The van der Waals surface area contributed by atoms with Crippen LogP contribution in [0.25, 0.3) is 0 Å². The predicted octanol–water partition coefficient (Wildman–Crippen LogP) is 3.91. The summed E-state index contributed by atoms with van der Waals surface area (Å²) in [5.74, 6) is 1.49. The molecule has 0 fully saturated rings. The Bertz CT molecular complexity index is 594.